The Hall–Kier alpha value is -1.59. The van der Waals surface area contributed by atoms with Gasteiger partial charge in [-0.3, -0.25) is 9.59 Å². The van der Waals surface area contributed by atoms with E-state index in [9.17, 15) is 14.7 Å². The molecule has 0 aromatic heterocycles. The van der Waals surface area contributed by atoms with E-state index in [1.54, 1.807) is 0 Å². The molecule has 1 aromatic rings. The number of phenols is 1. The molecule has 6 heteroatoms. The van der Waals surface area contributed by atoms with Gasteiger partial charge in [0.1, 0.15) is 0 Å². The number of hydrogen-bond donors (Lipinski definition) is 2. The molecule has 0 amide bonds. The molecule has 0 saturated carbocycles. The van der Waals surface area contributed by atoms with Gasteiger partial charge < -0.3 is 15.6 Å². The van der Waals surface area contributed by atoms with Crippen LogP contribution in [0.3, 0.4) is 0 Å². The van der Waals surface area contributed by atoms with Gasteiger partial charge in [-0.05, 0) is 6.07 Å². The average molecular weight is 230 g/mol. The van der Waals surface area contributed by atoms with Gasteiger partial charge in [0.2, 0.25) is 0 Å². The van der Waals surface area contributed by atoms with Crippen LogP contribution in [-0.4, -0.2) is 23.9 Å². The molecule has 0 aliphatic heterocycles. The van der Waals surface area contributed by atoms with E-state index in [1.165, 1.54) is 12.1 Å². The van der Waals surface area contributed by atoms with Crippen molar-refractivity contribution < 1.29 is 19.4 Å². The van der Waals surface area contributed by atoms with Crippen LogP contribution >= 0.6 is 11.6 Å². The number of nitrogens with two attached hydrogens (primary N) is 1. The molecule has 0 fully saturated rings. The molecule has 0 saturated heterocycles. The third-order valence-corrected chi connectivity index (χ3v) is 1.80. The quantitative estimate of drug-likeness (QED) is 0.453. The highest BCUT2D eigenvalue weighted by Gasteiger charge is 2.12. The Morgan fingerprint density at radius 2 is 2.27 bits per heavy atom. The molecule has 80 valence electrons. The molecular formula is C9H8ClNO4. The van der Waals surface area contributed by atoms with Crippen molar-refractivity contribution in [2.75, 3.05) is 6.54 Å². The van der Waals surface area contributed by atoms with Crippen LogP contribution in [-0.2, 0) is 4.79 Å². The minimum atomic E-state index is -0.732. The summed E-state index contributed by atoms with van der Waals surface area (Å²) >= 11 is 5.63. The standard InChI is InChI=1S/C9H8ClNO4/c10-6-1-5(4-12)9(14)7(2-6)15-8(13)3-11/h1-2,4,14H,3,11H2. The molecule has 0 radical (unpaired) electrons. The summed E-state index contributed by atoms with van der Waals surface area (Å²) in [5.74, 6) is -1.35. The van der Waals surface area contributed by atoms with Gasteiger partial charge in [0.25, 0.3) is 0 Å². The molecule has 15 heavy (non-hydrogen) atoms. The molecule has 1 aromatic carbocycles. The minimum absolute atomic E-state index is 0.0534. The predicted octanol–water partition coefficient (Wildman–Crippen LogP) is 0.722. The first-order valence-electron chi connectivity index (χ1n) is 3.97. The number of phenolic OH excluding ortho intramolecular Hbond substituents is 1. The Bertz CT molecular complexity index is 405. The SMILES string of the molecule is NCC(=O)Oc1cc(Cl)cc(C=O)c1O. The second-order valence-electron chi connectivity index (χ2n) is 2.64. The lowest BCUT2D eigenvalue weighted by molar-refractivity contribution is -0.132. The molecular weight excluding hydrogens is 222 g/mol. The first-order chi connectivity index (χ1) is 7.08. The summed E-state index contributed by atoms with van der Waals surface area (Å²) in [5, 5.41) is 9.63. The Morgan fingerprint density at radius 1 is 1.60 bits per heavy atom. The molecule has 0 atom stereocenters. The van der Waals surface area contributed by atoms with Crippen molar-refractivity contribution in [2.45, 2.75) is 0 Å². The highest BCUT2D eigenvalue weighted by molar-refractivity contribution is 6.31. The molecule has 0 heterocycles. The maximum atomic E-state index is 10.9. The van der Waals surface area contributed by atoms with Crippen LogP contribution in [0.25, 0.3) is 0 Å². The van der Waals surface area contributed by atoms with Crippen LogP contribution in [0.2, 0.25) is 5.02 Å². The van der Waals surface area contributed by atoms with Gasteiger partial charge in [-0.1, -0.05) is 11.6 Å². The second kappa shape index (κ2) is 4.77. The lowest BCUT2D eigenvalue weighted by atomic mass is 10.2. The molecule has 0 spiro atoms. The van der Waals surface area contributed by atoms with Crippen molar-refractivity contribution in [3.05, 3.63) is 22.7 Å². The molecule has 3 N–H and O–H groups in total. The van der Waals surface area contributed by atoms with Crippen LogP contribution in [0.4, 0.5) is 0 Å². The zero-order chi connectivity index (χ0) is 11.4. The molecule has 0 aliphatic rings. The highest BCUT2D eigenvalue weighted by atomic mass is 35.5. The third kappa shape index (κ3) is 2.68. The van der Waals surface area contributed by atoms with Crippen molar-refractivity contribution in [1.29, 1.82) is 0 Å². The van der Waals surface area contributed by atoms with Crippen LogP contribution in [0.15, 0.2) is 12.1 Å². The second-order valence-corrected chi connectivity index (χ2v) is 3.07. The minimum Gasteiger partial charge on any atom is -0.504 e. The van der Waals surface area contributed by atoms with Crippen LogP contribution < -0.4 is 10.5 Å². The summed E-state index contributed by atoms with van der Waals surface area (Å²) in [4.78, 5) is 21.4. The monoisotopic (exact) mass is 229 g/mol. The molecule has 0 unspecified atom stereocenters. The number of aldehydes is 1. The number of carbonyl (C=O) groups excluding carboxylic acids is 2. The van der Waals surface area contributed by atoms with Gasteiger partial charge in [0, 0.05) is 11.1 Å². The average Bonchev–Trinajstić information content (AvgIpc) is 2.22. The number of carbonyl (C=O) groups is 2. The Labute approximate surface area is 90.4 Å². The first-order valence-corrected chi connectivity index (χ1v) is 4.34. The van der Waals surface area contributed by atoms with Crippen molar-refractivity contribution in [2.24, 2.45) is 5.73 Å². The van der Waals surface area contributed by atoms with Crippen molar-refractivity contribution in [3.8, 4) is 11.5 Å². The van der Waals surface area contributed by atoms with E-state index >= 15 is 0 Å². The summed E-state index contributed by atoms with van der Waals surface area (Å²) in [6, 6.07) is 2.47. The Kier molecular flexibility index (Phi) is 3.65. The van der Waals surface area contributed by atoms with Gasteiger partial charge in [-0.15, -0.1) is 0 Å². The molecule has 0 aliphatic carbocycles. The maximum Gasteiger partial charge on any atom is 0.325 e. The van der Waals surface area contributed by atoms with Gasteiger partial charge in [0.15, 0.2) is 17.8 Å². The molecule has 0 bridgehead atoms. The van der Waals surface area contributed by atoms with E-state index in [1.807, 2.05) is 0 Å². The fourth-order valence-electron chi connectivity index (χ4n) is 0.926. The van der Waals surface area contributed by atoms with E-state index in [2.05, 4.69) is 4.74 Å². The summed E-state index contributed by atoms with van der Waals surface area (Å²) < 4.78 is 4.66. The zero-order valence-electron chi connectivity index (χ0n) is 7.57. The van der Waals surface area contributed by atoms with E-state index in [-0.39, 0.29) is 22.9 Å². The number of rotatable bonds is 3. The van der Waals surface area contributed by atoms with Crippen molar-refractivity contribution >= 4 is 23.9 Å². The van der Waals surface area contributed by atoms with E-state index in [0.717, 1.165) is 0 Å². The number of ether oxygens (including phenoxy) is 1. The van der Waals surface area contributed by atoms with Gasteiger partial charge in [-0.2, -0.15) is 0 Å². The highest BCUT2D eigenvalue weighted by Crippen LogP contribution is 2.32. The lowest BCUT2D eigenvalue weighted by Crippen LogP contribution is -2.19. The van der Waals surface area contributed by atoms with E-state index in [4.69, 9.17) is 17.3 Å². The fraction of sp³-hybridized carbons (Fsp3) is 0.111. The molecule has 1 rings (SSSR count). The summed E-state index contributed by atoms with van der Waals surface area (Å²) in [5.41, 5.74) is 4.97. The van der Waals surface area contributed by atoms with Crippen molar-refractivity contribution in [1.82, 2.24) is 0 Å². The van der Waals surface area contributed by atoms with Gasteiger partial charge in [-0.25, -0.2) is 0 Å². The number of benzene rings is 1. The topological polar surface area (TPSA) is 89.6 Å². The Morgan fingerprint density at radius 3 is 2.80 bits per heavy atom. The van der Waals surface area contributed by atoms with Crippen molar-refractivity contribution in [3.63, 3.8) is 0 Å². The van der Waals surface area contributed by atoms with E-state index < -0.39 is 11.7 Å². The first kappa shape index (κ1) is 11.5. The number of halogens is 1. The lowest BCUT2D eigenvalue weighted by Gasteiger charge is -2.07. The predicted molar refractivity (Wildman–Crippen MR) is 53.2 cm³/mol. The fourth-order valence-corrected chi connectivity index (χ4v) is 1.14. The van der Waals surface area contributed by atoms with Crippen LogP contribution in [0.1, 0.15) is 10.4 Å². The largest absolute Gasteiger partial charge is 0.504 e. The van der Waals surface area contributed by atoms with Gasteiger partial charge >= 0.3 is 5.97 Å². The van der Waals surface area contributed by atoms with Crippen LogP contribution in [0, 0.1) is 0 Å². The van der Waals surface area contributed by atoms with Crippen LogP contribution in [0.5, 0.6) is 11.5 Å². The number of hydrogen-bond acceptors (Lipinski definition) is 5. The summed E-state index contributed by atoms with van der Waals surface area (Å²) in [6.07, 6.45) is 0.404. The van der Waals surface area contributed by atoms with E-state index in [0.29, 0.717) is 6.29 Å². The third-order valence-electron chi connectivity index (χ3n) is 1.59. The smallest absolute Gasteiger partial charge is 0.325 e. The number of aromatic hydroxyl groups is 1. The summed E-state index contributed by atoms with van der Waals surface area (Å²) in [7, 11) is 0. The Balaban J connectivity index is 3.11. The van der Waals surface area contributed by atoms with Gasteiger partial charge in [0.05, 0.1) is 12.1 Å². The zero-order valence-corrected chi connectivity index (χ0v) is 8.32. The molecule has 5 nitrogen and oxygen atoms in total. The maximum absolute atomic E-state index is 10.9. The number of esters is 1. The summed E-state index contributed by atoms with van der Waals surface area (Å²) in [6.45, 7) is -0.331. The normalized spacial score (nSPS) is 9.73.